The average molecular weight is 466 g/mol. The van der Waals surface area contributed by atoms with Crippen LogP contribution in [0.5, 0.6) is 5.75 Å². The van der Waals surface area contributed by atoms with Crippen LogP contribution >= 0.6 is 0 Å². The Labute approximate surface area is 201 Å². The van der Waals surface area contributed by atoms with Crippen LogP contribution in [0.4, 0.5) is 4.39 Å². The van der Waals surface area contributed by atoms with Crippen molar-refractivity contribution in [1.29, 1.82) is 0 Å². The van der Waals surface area contributed by atoms with Crippen LogP contribution in [0.15, 0.2) is 18.2 Å². The van der Waals surface area contributed by atoms with Crippen molar-refractivity contribution in [3.8, 4) is 5.75 Å². The monoisotopic (exact) mass is 465 g/mol. The van der Waals surface area contributed by atoms with Gasteiger partial charge in [-0.2, -0.15) is 0 Å². The maximum atomic E-state index is 12.0. The van der Waals surface area contributed by atoms with E-state index < -0.39 is 6.67 Å². The number of halogens is 1. The van der Waals surface area contributed by atoms with E-state index in [0.717, 1.165) is 31.4 Å². The number of nitrogens with one attached hydrogen (secondary N) is 1. The standard InChI is InChI=1S/C18H24FNO3.C8H18.C2H6/c19-5-2-6-20-18(22)11-23-17-4-1-3-12-7-13-8-15(21)9-14(13)10-16(12)17;1-3-5-7-8-6-4-2;1-2/h1,3-4,13-15,21H,2,5-11H2,(H,20,22);3-8H2,1-2H3;1-2H3. The molecule has 1 aromatic carbocycles. The number of hydrogen-bond donors (Lipinski definition) is 2. The highest BCUT2D eigenvalue weighted by Gasteiger charge is 2.37. The van der Waals surface area contributed by atoms with E-state index in [1.807, 2.05) is 26.0 Å². The molecule has 1 aromatic rings. The molecule has 0 saturated heterocycles. The first kappa shape index (κ1) is 29.4. The summed E-state index contributed by atoms with van der Waals surface area (Å²) >= 11 is 0. The lowest BCUT2D eigenvalue weighted by Crippen LogP contribution is -2.30. The Morgan fingerprint density at radius 3 is 2.27 bits per heavy atom. The predicted octanol–water partition coefficient (Wildman–Crippen LogP) is 6.42. The van der Waals surface area contributed by atoms with Crippen molar-refractivity contribution in [2.24, 2.45) is 11.8 Å². The summed E-state index contributed by atoms with van der Waals surface area (Å²) in [7, 11) is 0. The summed E-state index contributed by atoms with van der Waals surface area (Å²) in [5, 5.41) is 12.5. The van der Waals surface area contributed by atoms with Gasteiger partial charge in [0, 0.05) is 6.54 Å². The lowest BCUT2D eigenvalue weighted by atomic mass is 9.77. The Morgan fingerprint density at radius 1 is 1.03 bits per heavy atom. The van der Waals surface area contributed by atoms with E-state index >= 15 is 0 Å². The highest BCUT2D eigenvalue weighted by molar-refractivity contribution is 5.77. The number of aliphatic hydroxyl groups excluding tert-OH is 1. The summed E-state index contributed by atoms with van der Waals surface area (Å²) in [6, 6.07) is 5.98. The first-order valence-corrected chi connectivity index (χ1v) is 13.3. The van der Waals surface area contributed by atoms with Gasteiger partial charge >= 0.3 is 0 Å². The highest BCUT2D eigenvalue weighted by atomic mass is 19.1. The van der Waals surface area contributed by atoms with Crippen LogP contribution in [0.25, 0.3) is 0 Å². The molecule has 3 rings (SSSR count). The van der Waals surface area contributed by atoms with Gasteiger partial charge in [-0.1, -0.05) is 78.4 Å². The second-order valence-electron chi connectivity index (χ2n) is 9.04. The minimum atomic E-state index is -0.429. The van der Waals surface area contributed by atoms with Crippen LogP contribution in [0.2, 0.25) is 0 Å². The number of carbonyl (C=O) groups is 1. The molecule has 2 aliphatic carbocycles. The fourth-order valence-corrected chi connectivity index (χ4v) is 4.74. The Bertz CT molecular complexity index is 646. The van der Waals surface area contributed by atoms with Crippen LogP contribution in [0.3, 0.4) is 0 Å². The molecule has 190 valence electrons. The topological polar surface area (TPSA) is 58.6 Å². The van der Waals surface area contributed by atoms with Crippen molar-refractivity contribution in [3.63, 3.8) is 0 Å². The molecule has 2 N–H and O–H groups in total. The lowest BCUT2D eigenvalue weighted by Gasteiger charge is -2.28. The molecule has 0 spiro atoms. The van der Waals surface area contributed by atoms with Gasteiger partial charge in [0.05, 0.1) is 12.8 Å². The number of unbranched alkanes of at least 4 members (excludes halogenated alkanes) is 5. The Kier molecular flexibility index (Phi) is 15.9. The fraction of sp³-hybridized carbons (Fsp3) is 0.750. The Balaban J connectivity index is 0.000000464. The normalized spacial score (nSPS) is 20.4. The minimum absolute atomic E-state index is 0.0422. The first-order chi connectivity index (χ1) is 16.1. The largest absolute Gasteiger partial charge is 0.483 e. The summed E-state index contributed by atoms with van der Waals surface area (Å²) < 4.78 is 17.7. The molecule has 3 atom stereocenters. The number of alkyl halides is 1. The molecule has 0 radical (unpaired) electrons. The fourth-order valence-electron chi connectivity index (χ4n) is 4.74. The molecule has 0 bridgehead atoms. The molecule has 5 heteroatoms. The zero-order valence-corrected chi connectivity index (χ0v) is 21.5. The Morgan fingerprint density at radius 2 is 1.67 bits per heavy atom. The van der Waals surface area contributed by atoms with E-state index in [1.165, 1.54) is 49.7 Å². The molecular formula is C28H48FNO3. The molecule has 1 saturated carbocycles. The molecule has 3 unspecified atom stereocenters. The van der Waals surface area contributed by atoms with Gasteiger partial charge in [-0.05, 0) is 61.1 Å². The zero-order chi connectivity index (χ0) is 24.5. The van der Waals surface area contributed by atoms with Gasteiger partial charge in [0.1, 0.15) is 5.75 Å². The van der Waals surface area contributed by atoms with Gasteiger partial charge in [-0.3, -0.25) is 9.18 Å². The molecular weight excluding hydrogens is 417 g/mol. The number of aliphatic hydroxyl groups is 1. The summed E-state index contributed by atoms with van der Waals surface area (Å²) in [6.45, 7) is 8.38. The van der Waals surface area contributed by atoms with Crippen LogP contribution in [-0.2, 0) is 17.6 Å². The van der Waals surface area contributed by atoms with Crippen molar-refractivity contribution < 1.29 is 19.0 Å². The number of amides is 1. The maximum Gasteiger partial charge on any atom is 0.257 e. The van der Waals surface area contributed by atoms with Crippen molar-refractivity contribution in [1.82, 2.24) is 5.32 Å². The van der Waals surface area contributed by atoms with Gasteiger partial charge < -0.3 is 15.2 Å². The van der Waals surface area contributed by atoms with Crippen molar-refractivity contribution in [2.45, 2.75) is 104 Å². The zero-order valence-electron chi connectivity index (χ0n) is 21.5. The third-order valence-electron chi connectivity index (χ3n) is 6.44. The number of carbonyl (C=O) groups excluding carboxylic acids is 1. The molecule has 0 aliphatic heterocycles. The molecule has 0 heterocycles. The number of fused-ring (bicyclic) bond motifs is 2. The second kappa shape index (κ2) is 17.8. The van der Waals surface area contributed by atoms with E-state index in [1.54, 1.807) is 0 Å². The van der Waals surface area contributed by atoms with Gasteiger partial charge in [0.15, 0.2) is 6.61 Å². The van der Waals surface area contributed by atoms with E-state index in [-0.39, 0.29) is 18.6 Å². The summed E-state index contributed by atoms with van der Waals surface area (Å²) in [4.78, 5) is 11.7. The lowest BCUT2D eigenvalue weighted by molar-refractivity contribution is -0.123. The molecule has 2 aliphatic rings. The Hall–Kier alpha value is -1.62. The van der Waals surface area contributed by atoms with E-state index in [0.29, 0.717) is 24.8 Å². The van der Waals surface area contributed by atoms with Crippen molar-refractivity contribution in [3.05, 3.63) is 29.3 Å². The minimum Gasteiger partial charge on any atom is -0.483 e. The molecule has 1 amide bonds. The second-order valence-corrected chi connectivity index (χ2v) is 9.04. The summed E-state index contributed by atoms with van der Waals surface area (Å²) in [5.74, 6) is 1.63. The number of rotatable bonds is 11. The SMILES string of the molecule is CC.CCCCCCCC.O=C(COc1cccc2c1CC1CC(O)CC1C2)NCCCF. The van der Waals surface area contributed by atoms with Crippen LogP contribution in [-0.4, -0.2) is 36.9 Å². The number of hydrogen-bond acceptors (Lipinski definition) is 3. The summed E-state index contributed by atoms with van der Waals surface area (Å²) in [6.07, 6.45) is 12.3. The van der Waals surface area contributed by atoms with Crippen LogP contribution < -0.4 is 10.1 Å². The summed E-state index contributed by atoms with van der Waals surface area (Å²) in [5.41, 5.74) is 2.45. The van der Waals surface area contributed by atoms with Crippen molar-refractivity contribution >= 4 is 5.91 Å². The van der Waals surface area contributed by atoms with E-state index in [9.17, 15) is 14.3 Å². The van der Waals surface area contributed by atoms with E-state index in [4.69, 9.17) is 4.74 Å². The molecule has 4 nitrogen and oxygen atoms in total. The van der Waals surface area contributed by atoms with Crippen LogP contribution in [0.1, 0.15) is 96.6 Å². The smallest absolute Gasteiger partial charge is 0.257 e. The third-order valence-corrected chi connectivity index (χ3v) is 6.44. The van der Waals surface area contributed by atoms with Crippen LogP contribution in [0, 0.1) is 11.8 Å². The van der Waals surface area contributed by atoms with Gasteiger partial charge in [0.2, 0.25) is 0 Å². The number of benzene rings is 1. The predicted molar refractivity (Wildman–Crippen MR) is 136 cm³/mol. The van der Waals surface area contributed by atoms with E-state index in [2.05, 4.69) is 25.2 Å². The molecule has 33 heavy (non-hydrogen) atoms. The average Bonchev–Trinajstić information content (AvgIpc) is 3.20. The number of ether oxygens (including phenoxy) is 1. The third kappa shape index (κ3) is 10.9. The quantitative estimate of drug-likeness (QED) is 0.371. The molecule has 1 fully saturated rings. The van der Waals surface area contributed by atoms with Crippen molar-refractivity contribution in [2.75, 3.05) is 19.8 Å². The van der Waals surface area contributed by atoms with Gasteiger partial charge in [-0.15, -0.1) is 0 Å². The highest BCUT2D eigenvalue weighted by Crippen LogP contribution is 2.43. The molecule has 0 aromatic heterocycles. The maximum absolute atomic E-state index is 12.0. The van der Waals surface area contributed by atoms with Gasteiger partial charge in [-0.25, -0.2) is 0 Å². The first-order valence-electron chi connectivity index (χ1n) is 13.3. The van der Waals surface area contributed by atoms with Gasteiger partial charge in [0.25, 0.3) is 5.91 Å².